The highest BCUT2D eigenvalue weighted by atomic mass is 79.9. The van der Waals surface area contributed by atoms with E-state index in [4.69, 9.17) is 0 Å². The molecule has 1 heterocycles. The molecule has 0 aliphatic heterocycles. The predicted molar refractivity (Wildman–Crippen MR) is 120 cm³/mol. The lowest BCUT2D eigenvalue weighted by Gasteiger charge is -2.18. The van der Waals surface area contributed by atoms with Crippen LogP contribution in [0.25, 0.3) is 0 Å². The fourth-order valence-electron chi connectivity index (χ4n) is 2.85. The first-order chi connectivity index (χ1) is 14.2. The van der Waals surface area contributed by atoms with Gasteiger partial charge in [0, 0.05) is 17.6 Å². The molecule has 7 nitrogen and oxygen atoms in total. The molecule has 0 aliphatic carbocycles. The minimum Gasteiger partial charge on any atom is -0.310 e. The van der Waals surface area contributed by atoms with Crippen molar-refractivity contribution < 1.29 is 13.2 Å². The molecule has 0 spiro atoms. The molecule has 0 unspecified atom stereocenters. The summed E-state index contributed by atoms with van der Waals surface area (Å²) in [5.74, 6) is 0.0577. The molecule has 1 aromatic heterocycles. The van der Waals surface area contributed by atoms with Crippen LogP contribution < -0.4 is 5.32 Å². The van der Waals surface area contributed by atoms with Gasteiger partial charge in [-0.05, 0) is 54.8 Å². The lowest BCUT2D eigenvalue weighted by Crippen LogP contribution is -2.35. The Morgan fingerprint density at radius 1 is 1.10 bits per heavy atom. The van der Waals surface area contributed by atoms with Crippen LogP contribution in [0.4, 0.5) is 5.82 Å². The lowest BCUT2D eigenvalue weighted by atomic mass is 10.1. The number of hydrogen-bond acceptors (Lipinski definition) is 4. The van der Waals surface area contributed by atoms with Gasteiger partial charge in [0.05, 0.1) is 24.2 Å². The van der Waals surface area contributed by atoms with E-state index in [1.807, 2.05) is 38.1 Å². The van der Waals surface area contributed by atoms with Crippen LogP contribution in [-0.4, -0.2) is 42.0 Å². The van der Waals surface area contributed by atoms with Crippen LogP contribution in [0.2, 0.25) is 0 Å². The molecular weight excluding hydrogens is 468 g/mol. The minimum absolute atomic E-state index is 0.168. The van der Waals surface area contributed by atoms with E-state index in [2.05, 4.69) is 26.3 Å². The van der Waals surface area contributed by atoms with Gasteiger partial charge < -0.3 is 5.32 Å². The van der Waals surface area contributed by atoms with Crippen molar-refractivity contribution in [3.63, 3.8) is 0 Å². The van der Waals surface area contributed by atoms with Crippen LogP contribution in [-0.2, 0) is 21.4 Å². The van der Waals surface area contributed by atoms with Gasteiger partial charge in [-0.1, -0.05) is 34.1 Å². The van der Waals surface area contributed by atoms with E-state index in [1.165, 1.54) is 7.05 Å². The smallest absolute Gasteiger partial charge is 0.243 e. The van der Waals surface area contributed by atoms with Crippen molar-refractivity contribution >= 4 is 37.7 Å². The van der Waals surface area contributed by atoms with Gasteiger partial charge in [0.15, 0.2) is 0 Å². The van der Waals surface area contributed by atoms with Crippen LogP contribution in [0, 0.1) is 13.8 Å². The number of hydrogen-bond donors (Lipinski definition) is 1. The molecule has 9 heteroatoms. The summed E-state index contributed by atoms with van der Waals surface area (Å²) in [4.78, 5) is 12.7. The van der Waals surface area contributed by atoms with E-state index in [-0.39, 0.29) is 11.4 Å². The van der Waals surface area contributed by atoms with E-state index in [0.29, 0.717) is 12.4 Å². The molecule has 0 bridgehead atoms. The predicted octanol–water partition coefficient (Wildman–Crippen LogP) is 3.57. The molecule has 0 radical (unpaired) electrons. The molecule has 3 rings (SSSR count). The largest absolute Gasteiger partial charge is 0.310 e. The summed E-state index contributed by atoms with van der Waals surface area (Å²) in [6.07, 6.45) is 1.59. The SMILES string of the molecule is Cc1ccc(S(=O)(=O)N(C)CC(=O)Nc2ccnn2Cc2ccc(Br)cc2)cc1C. The fraction of sp³-hybridized carbons (Fsp3) is 0.238. The number of carbonyl (C=O) groups is 1. The van der Waals surface area contributed by atoms with Gasteiger partial charge in [0.1, 0.15) is 5.82 Å². The fourth-order valence-corrected chi connectivity index (χ4v) is 4.33. The van der Waals surface area contributed by atoms with Crippen LogP contribution in [0.15, 0.2) is 64.1 Å². The lowest BCUT2D eigenvalue weighted by molar-refractivity contribution is -0.116. The Balaban J connectivity index is 1.67. The van der Waals surface area contributed by atoms with Gasteiger partial charge in [-0.25, -0.2) is 13.1 Å². The normalized spacial score (nSPS) is 11.6. The number of anilines is 1. The summed E-state index contributed by atoms with van der Waals surface area (Å²) < 4.78 is 29.3. The highest BCUT2D eigenvalue weighted by molar-refractivity contribution is 9.10. The maximum atomic E-state index is 12.8. The van der Waals surface area contributed by atoms with E-state index in [0.717, 1.165) is 25.5 Å². The van der Waals surface area contributed by atoms with Crippen molar-refractivity contribution in [1.29, 1.82) is 0 Å². The standard InChI is InChI=1S/C21H23BrN4O3S/c1-15-4-9-19(12-16(15)2)30(28,29)25(3)14-21(27)24-20-10-11-23-26(20)13-17-5-7-18(22)8-6-17/h4-12H,13-14H2,1-3H3,(H,24,27). The quantitative estimate of drug-likeness (QED) is 0.548. The Morgan fingerprint density at radius 2 is 1.80 bits per heavy atom. The van der Waals surface area contributed by atoms with Gasteiger partial charge in [0.25, 0.3) is 0 Å². The van der Waals surface area contributed by atoms with Gasteiger partial charge in [-0.15, -0.1) is 0 Å². The molecule has 158 valence electrons. The first-order valence-corrected chi connectivity index (χ1v) is 11.5. The number of likely N-dealkylation sites (N-methyl/N-ethyl adjacent to an activating group) is 1. The Kier molecular flexibility index (Phi) is 6.74. The van der Waals surface area contributed by atoms with Crippen molar-refractivity contribution in [2.24, 2.45) is 0 Å². The van der Waals surface area contributed by atoms with E-state index >= 15 is 0 Å². The van der Waals surface area contributed by atoms with Crippen molar-refractivity contribution in [3.05, 3.63) is 75.9 Å². The number of aromatic nitrogens is 2. The second-order valence-electron chi connectivity index (χ2n) is 7.06. The first kappa shape index (κ1) is 22.2. The second-order valence-corrected chi connectivity index (χ2v) is 10.0. The number of aryl methyl sites for hydroxylation is 2. The van der Waals surface area contributed by atoms with Crippen LogP contribution in [0.1, 0.15) is 16.7 Å². The third kappa shape index (κ3) is 5.16. The van der Waals surface area contributed by atoms with E-state index in [1.54, 1.807) is 35.1 Å². The number of nitrogens with zero attached hydrogens (tertiary/aromatic N) is 3. The van der Waals surface area contributed by atoms with Crippen molar-refractivity contribution in [2.45, 2.75) is 25.3 Å². The Hall–Kier alpha value is -2.49. The topological polar surface area (TPSA) is 84.3 Å². The Bertz CT molecular complexity index is 1160. The summed E-state index contributed by atoms with van der Waals surface area (Å²) in [5, 5.41) is 6.98. The number of halogens is 1. The summed E-state index contributed by atoms with van der Waals surface area (Å²) in [6.45, 7) is 3.94. The monoisotopic (exact) mass is 490 g/mol. The summed E-state index contributed by atoms with van der Waals surface area (Å²) in [6, 6.07) is 14.4. The van der Waals surface area contributed by atoms with Crippen LogP contribution in [0.5, 0.6) is 0 Å². The molecule has 1 amide bonds. The summed E-state index contributed by atoms with van der Waals surface area (Å²) in [7, 11) is -2.38. The minimum atomic E-state index is -3.77. The molecule has 2 aromatic carbocycles. The Morgan fingerprint density at radius 3 is 2.47 bits per heavy atom. The zero-order valence-corrected chi connectivity index (χ0v) is 19.4. The maximum absolute atomic E-state index is 12.8. The molecular formula is C21H23BrN4O3S. The van der Waals surface area contributed by atoms with Gasteiger partial charge >= 0.3 is 0 Å². The number of carbonyl (C=O) groups excluding carboxylic acids is 1. The van der Waals surface area contributed by atoms with Crippen LogP contribution >= 0.6 is 15.9 Å². The van der Waals surface area contributed by atoms with E-state index in [9.17, 15) is 13.2 Å². The maximum Gasteiger partial charge on any atom is 0.243 e. The first-order valence-electron chi connectivity index (χ1n) is 9.26. The second kappa shape index (κ2) is 9.11. The molecule has 0 fully saturated rings. The molecule has 3 aromatic rings. The zero-order chi connectivity index (χ0) is 21.9. The third-order valence-electron chi connectivity index (χ3n) is 4.78. The molecule has 0 aliphatic rings. The van der Waals surface area contributed by atoms with Gasteiger partial charge in [0.2, 0.25) is 15.9 Å². The van der Waals surface area contributed by atoms with Crippen LogP contribution in [0.3, 0.4) is 0 Å². The Labute approximate surface area is 184 Å². The zero-order valence-electron chi connectivity index (χ0n) is 17.0. The third-order valence-corrected chi connectivity index (χ3v) is 7.11. The van der Waals surface area contributed by atoms with E-state index < -0.39 is 15.9 Å². The van der Waals surface area contributed by atoms with Gasteiger partial charge in [-0.3, -0.25) is 4.79 Å². The molecule has 0 saturated carbocycles. The average molecular weight is 491 g/mol. The molecule has 0 saturated heterocycles. The molecule has 30 heavy (non-hydrogen) atoms. The summed E-state index contributed by atoms with van der Waals surface area (Å²) in [5.41, 5.74) is 2.91. The highest BCUT2D eigenvalue weighted by Crippen LogP contribution is 2.18. The molecule has 0 atom stereocenters. The highest BCUT2D eigenvalue weighted by Gasteiger charge is 2.23. The summed E-state index contributed by atoms with van der Waals surface area (Å²) >= 11 is 3.40. The van der Waals surface area contributed by atoms with Gasteiger partial charge in [-0.2, -0.15) is 9.40 Å². The number of sulfonamides is 1. The van der Waals surface area contributed by atoms with Crippen molar-refractivity contribution in [1.82, 2.24) is 14.1 Å². The number of benzene rings is 2. The number of nitrogens with one attached hydrogen (secondary N) is 1. The number of rotatable bonds is 7. The van der Waals surface area contributed by atoms with Crippen molar-refractivity contribution in [3.8, 4) is 0 Å². The number of amides is 1. The average Bonchev–Trinajstić information content (AvgIpc) is 3.12. The van der Waals surface area contributed by atoms with Crippen molar-refractivity contribution in [2.75, 3.05) is 18.9 Å². The molecule has 1 N–H and O–H groups in total.